The van der Waals surface area contributed by atoms with Gasteiger partial charge >= 0.3 is 0 Å². The molecule has 1 aliphatic rings. The molecule has 0 amide bonds. The number of rotatable bonds is 3. The smallest absolute Gasteiger partial charge is 0.0162 e. The predicted molar refractivity (Wildman–Crippen MR) is 71.7 cm³/mol. The highest BCUT2D eigenvalue weighted by atomic mass is 32.2. The maximum absolute atomic E-state index is 6.19. The fraction of sp³-hybridized carbons (Fsp3) is 0.833. The first-order valence-electron chi connectivity index (χ1n) is 5.32. The quantitative estimate of drug-likeness (QED) is 0.719. The third-order valence-corrected chi connectivity index (χ3v) is 5.36. The van der Waals surface area contributed by atoms with Gasteiger partial charge in [0.1, 0.15) is 0 Å². The second-order valence-electron chi connectivity index (χ2n) is 5.66. The van der Waals surface area contributed by atoms with E-state index >= 15 is 0 Å². The Hall–Kier alpha value is 0.0500. The summed E-state index contributed by atoms with van der Waals surface area (Å²) in [5, 5.41) is 2.40. The molecule has 1 aliphatic carbocycles. The van der Waals surface area contributed by atoms with Gasteiger partial charge in [-0.2, -0.15) is 0 Å². The van der Waals surface area contributed by atoms with Crippen molar-refractivity contribution in [2.75, 3.05) is 12.5 Å². The molecule has 14 heavy (non-hydrogen) atoms. The summed E-state index contributed by atoms with van der Waals surface area (Å²) < 4.78 is 0. The van der Waals surface area contributed by atoms with Gasteiger partial charge in [-0.3, -0.25) is 0 Å². The van der Waals surface area contributed by atoms with Gasteiger partial charge in [-0.05, 0) is 36.2 Å². The van der Waals surface area contributed by atoms with Crippen LogP contribution in [0.15, 0.2) is 0 Å². The minimum Gasteiger partial charge on any atom is -0.327 e. The molecule has 0 aromatic heterocycles. The molecule has 2 heteroatoms. The second kappa shape index (κ2) is 3.28. The van der Waals surface area contributed by atoms with Gasteiger partial charge in [0.15, 0.2) is 0 Å². The molecule has 0 radical (unpaired) electrons. The normalized spacial score (nSPS) is 42.3. The third-order valence-electron chi connectivity index (χ3n) is 4.29. The summed E-state index contributed by atoms with van der Waals surface area (Å²) in [6.07, 6.45) is 6.77. The van der Waals surface area contributed by atoms with E-state index in [1.54, 1.807) is 0 Å². The molecule has 0 aromatic carbocycles. The van der Waals surface area contributed by atoms with Crippen LogP contribution in [0.3, 0.4) is 0 Å². The lowest BCUT2D eigenvalue weighted by molar-refractivity contribution is 0.390. The first-order chi connectivity index (χ1) is 6.17. The maximum Gasteiger partial charge on any atom is 0.0162 e. The van der Waals surface area contributed by atoms with E-state index in [1.807, 2.05) is 0 Å². The van der Waals surface area contributed by atoms with Gasteiger partial charge in [-0.1, -0.05) is 32.0 Å². The van der Waals surface area contributed by atoms with Gasteiger partial charge in [0, 0.05) is 6.04 Å². The molecular weight excluding hydrogens is 190 g/mol. The highest BCUT2D eigenvalue weighted by Crippen LogP contribution is 2.65. The van der Waals surface area contributed by atoms with Crippen molar-refractivity contribution in [3.05, 3.63) is 0 Å². The maximum atomic E-state index is 6.19. The van der Waals surface area contributed by atoms with Crippen LogP contribution in [0.25, 0.3) is 0 Å². The van der Waals surface area contributed by atoms with Crippen LogP contribution in [-0.2, 0) is 0 Å². The minimum atomic E-state index is -0.730. The molecule has 0 saturated heterocycles. The number of nitrogens with two attached hydrogens (primary N) is 1. The van der Waals surface area contributed by atoms with Crippen molar-refractivity contribution in [3.8, 4) is 0 Å². The van der Waals surface area contributed by atoms with Gasteiger partial charge in [-0.25, -0.2) is 9.21 Å². The Balaban J connectivity index is 2.79. The highest BCUT2D eigenvalue weighted by Gasteiger charge is 2.66. The number of hydrogen-bond acceptors (Lipinski definition) is 1. The summed E-state index contributed by atoms with van der Waals surface area (Å²) in [5.74, 6) is 4.19. The Bertz CT molecular complexity index is 330. The fourth-order valence-corrected chi connectivity index (χ4v) is 3.18. The van der Waals surface area contributed by atoms with E-state index in [2.05, 4.69) is 44.5 Å². The number of hydrogen-bond donors (Lipinski definition) is 1. The summed E-state index contributed by atoms with van der Waals surface area (Å²) in [7, 11) is -0.730. The Labute approximate surface area is 89.6 Å². The average molecular weight is 215 g/mol. The molecular formula is C12H25NS. The fourth-order valence-electron chi connectivity index (χ4n) is 2.38. The zero-order valence-corrected chi connectivity index (χ0v) is 11.1. The van der Waals surface area contributed by atoms with E-state index in [0.717, 1.165) is 6.42 Å². The van der Waals surface area contributed by atoms with E-state index < -0.39 is 9.21 Å². The molecule has 3 atom stereocenters. The molecule has 1 saturated carbocycles. The summed E-state index contributed by atoms with van der Waals surface area (Å²) in [6.45, 7) is 6.88. The summed E-state index contributed by atoms with van der Waals surface area (Å²) in [6, 6.07) is 0.373. The van der Waals surface area contributed by atoms with Crippen LogP contribution in [0.4, 0.5) is 0 Å². The van der Waals surface area contributed by atoms with Crippen molar-refractivity contribution in [2.24, 2.45) is 16.6 Å². The second-order valence-corrected chi connectivity index (χ2v) is 9.24. The molecule has 3 unspecified atom stereocenters. The van der Waals surface area contributed by atoms with E-state index in [0.29, 0.717) is 16.9 Å². The van der Waals surface area contributed by atoms with Gasteiger partial charge < -0.3 is 5.73 Å². The van der Waals surface area contributed by atoms with Crippen molar-refractivity contribution in [2.45, 2.75) is 39.7 Å². The van der Waals surface area contributed by atoms with Gasteiger partial charge in [-0.15, -0.1) is 0 Å². The summed E-state index contributed by atoms with van der Waals surface area (Å²) >= 11 is 0. The molecule has 1 nitrogen and oxygen atoms in total. The molecule has 0 spiro atoms. The molecule has 0 heterocycles. The third kappa shape index (κ3) is 1.74. The Kier molecular flexibility index (Phi) is 2.84. The van der Waals surface area contributed by atoms with Gasteiger partial charge in [0.05, 0.1) is 0 Å². The van der Waals surface area contributed by atoms with Crippen LogP contribution in [0.1, 0.15) is 33.6 Å². The predicted octanol–water partition coefficient (Wildman–Crippen LogP) is 2.44. The van der Waals surface area contributed by atoms with Gasteiger partial charge in [0.25, 0.3) is 0 Å². The lowest BCUT2D eigenvalue weighted by atomic mass is 9.92. The standard InChI is InChI=1S/C12H25NS/c1-7-11(2)10(13)12(11,3)8-9-14(4,5)6/h9-10H,4,7-8,13H2,1-3,5-6H3. The average Bonchev–Trinajstić information content (AvgIpc) is 2.49. The van der Waals surface area contributed by atoms with Crippen LogP contribution in [0, 0.1) is 10.8 Å². The zero-order valence-electron chi connectivity index (χ0n) is 10.3. The first-order valence-corrected chi connectivity index (χ1v) is 8.01. The van der Waals surface area contributed by atoms with E-state index in [4.69, 9.17) is 5.73 Å². The highest BCUT2D eigenvalue weighted by molar-refractivity contribution is 8.27. The van der Waals surface area contributed by atoms with Gasteiger partial charge in [0.2, 0.25) is 0 Å². The SMILES string of the molecule is C=S(C)(C)=CCC1(C)C(N)C1(C)CC. The lowest BCUT2D eigenvalue weighted by Gasteiger charge is -2.15. The molecule has 0 aromatic rings. The molecule has 0 bridgehead atoms. The molecule has 1 fully saturated rings. The summed E-state index contributed by atoms with van der Waals surface area (Å²) in [5.41, 5.74) is 6.87. The largest absolute Gasteiger partial charge is 0.327 e. The molecule has 84 valence electrons. The van der Waals surface area contributed by atoms with Crippen LogP contribution in [-0.4, -0.2) is 29.8 Å². The zero-order chi connectivity index (χ0) is 11.2. The first kappa shape index (κ1) is 12.1. The van der Waals surface area contributed by atoms with Crippen molar-refractivity contribution in [1.29, 1.82) is 0 Å². The molecule has 2 N–H and O–H groups in total. The van der Waals surface area contributed by atoms with Crippen molar-refractivity contribution in [3.63, 3.8) is 0 Å². The Morgan fingerprint density at radius 1 is 1.36 bits per heavy atom. The topological polar surface area (TPSA) is 26.0 Å². The molecule has 1 rings (SSSR count). The van der Waals surface area contributed by atoms with E-state index in [1.165, 1.54) is 6.42 Å². The Morgan fingerprint density at radius 2 is 1.86 bits per heavy atom. The van der Waals surface area contributed by atoms with Crippen LogP contribution >= 0.6 is 9.21 Å². The van der Waals surface area contributed by atoms with Crippen LogP contribution in [0.2, 0.25) is 0 Å². The Morgan fingerprint density at radius 3 is 2.14 bits per heavy atom. The van der Waals surface area contributed by atoms with Crippen molar-refractivity contribution >= 4 is 20.4 Å². The lowest BCUT2D eigenvalue weighted by Crippen LogP contribution is -2.10. The van der Waals surface area contributed by atoms with Crippen LogP contribution < -0.4 is 5.73 Å². The minimum absolute atomic E-state index is 0.323. The van der Waals surface area contributed by atoms with E-state index in [9.17, 15) is 0 Å². The van der Waals surface area contributed by atoms with Crippen LogP contribution in [0.5, 0.6) is 0 Å². The van der Waals surface area contributed by atoms with E-state index in [-0.39, 0.29) is 0 Å². The monoisotopic (exact) mass is 215 g/mol. The van der Waals surface area contributed by atoms with Crippen molar-refractivity contribution in [1.82, 2.24) is 0 Å². The summed E-state index contributed by atoms with van der Waals surface area (Å²) in [4.78, 5) is 0. The molecule has 0 aliphatic heterocycles. The van der Waals surface area contributed by atoms with Crippen molar-refractivity contribution < 1.29 is 0 Å².